The lowest BCUT2D eigenvalue weighted by Gasteiger charge is -2.00. The molecule has 5 N–H and O–H groups in total. The highest BCUT2D eigenvalue weighted by atomic mass is 32.2. The van der Waals surface area contributed by atoms with E-state index in [1.54, 1.807) is 0 Å². The van der Waals surface area contributed by atoms with Crippen LogP contribution in [-0.2, 0) is 20.0 Å². The Morgan fingerprint density at radius 3 is 1.38 bits per heavy atom. The average molecular weight is 409 g/mol. The fraction of sp³-hybridized carbons (Fsp3) is 0.625. The lowest BCUT2D eigenvalue weighted by atomic mass is 10.4. The van der Waals surface area contributed by atoms with Gasteiger partial charge >= 0.3 is 31.1 Å². The first-order chi connectivity index (χ1) is 10.3. The number of nitrogens with two attached hydrogens (primary N) is 2. The van der Waals surface area contributed by atoms with Crippen LogP contribution in [-0.4, -0.2) is 40.7 Å². The number of nitrogens with one attached hydrogen (secondary N) is 1. The summed E-state index contributed by atoms with van der Waals surface area (Å²) < 4.78 is 102. The summed E-state index contributed by atoms with van der Waals surface area (Å²) in [6.07, 6.45) is 4.95. The number of primary sulfonamides is 2. The minimum Gasteiger partial charge on any atom is -0.265 e. The number of hydrogen-bond donors (Lipinski definition) is 3. The van der Waals surface area contributed by atoms with Gasteiger partial charge in [0.2, 0.25) is 5.84 Å². The number of hydrogen-bond acceptors (Lipinski definition) is 5. The molecule has 24 heavy (non-hydrogen) atoms. The van der Waals surface area contributed by atoms with Crippen molar-refractivity contribution in [3.63, 3.8) is 0 Å². The molecule has 0 aliphatic carbocycles. The molecule has 0 spiro atoms. The molecule has 16 heteroatoms. The Bertz CT molecular complexity index is 624. The molecule has 8 nitrogen and oxygen atoms in total. The third-order valence-electron chi connectivity index (χ3n) is 1.99. The first kappa shape index (κ1) is 25.0. The fourth-order valence-electron chi connectivity index (χ4n) is 0.807. The first-order valence-electron chi connectivity index (χ1n) is 5.59. The van der Waals surface area contributed by atoms with Crippen LogP contribution in [0, 0.1) is 0 Å². The van der Waals surface area contributed by atoms with Gasteiger partial charge in [-0.3, -0.25) is 4.90 Å². The van der Waals surface area contributed by atoms with E-state index in [0.717, 1.165) is 6.42 Å². The monoisotopic (exact) mass is 409 g/mol. The summed E-state index contributed by atoms with van der Waals surface area (Å²) in [6.45, 7) is 2.12. The molecular weight excluding hydrogens is 394 g/mol. The van der Waals surface area contributed by atoms with Crippen molar-refractivity contribution in [1.29, 1.82) is 0 Å². The molecule has 0 radical (unpaired) electrons. The molecule has 0 aromatic rings. The summed E-state index contributed by atoms with van der Waals surface area (Å²) in [5, 5.41) is 7.32. The van der Waals surface area contributed by atoms with Gasteiger partial charge in [-0.2, -0.15) is 26.3 Å². The Labute approximate surface area is 133 Å². The number of quaternary nitrogens is 1. The molecule has 1 aliphatic heterocycles. The number of halogens is 6. The molecule has 0 fully saturated rings. The van der Waals surface area contributed by atoms with Crippen LogP contribution in [0.4, 0.5) is 26.3 Å². The second-order valence-corrected chi connectivity index (χ2v) is 7.02. The maximum atomic E-state index is 10.8. The number of rotatable bonds is 1. The maximum absolute atomic E-state index is 10.8. The third kappa shape index (κ3) is 9.81. The van der Waals surface area contributed by atoms with Crippen LogP contribution in [0.3, 0.4) is 0 Å². The van der Waals surface area contributed by atoms with Gasteiger partial charge in [0.05, 0.1) is 13.2 Å². The van der Waals surface area contributed by atoms with Gasteiger partial charge in [0.1, 0.15) is 6.20 Å². The third-order valence-corrected chi connectivity index (χ3v) is 3.28. The maximum Gasteiger partial charge on any atom is 0.511 e. The van der Waals surface area contributed by atoms with E-state index in [1.807, 2.05) is 12.4 Å². The molecule has 1 heterocycles. The molecule has 1 aliphatic rings. The van der Waals surface area contributed by atoms with Gasteiger partial charge in [0, 0.05) is 6.42 Å². The van der Waals surface area contributed by atoms with E-state index < -0.39 is 31.1 Å². The van der Waals surface area contributed by atoms with Crippen LogP contribution in [0.5, 0.6) is 0 Å². The van der Waals surface area contributed by atoms with Crippen LogP contribution in [0.15, 0.2) is 17.4 Å². The van der Waals surface area contributed by atoms with Gasteiger partial charge < -0.3 is 0 Å². The van der Waals surface area contributed by atoms with Gasteiger partial charge in [0.25, 0.3) is 0 Å². The van der Waals surface area contributed by atoms with Crippen molar-refractivity contribution in [3.05, 3.63) is 12.4 Å². The molecule has 0 saturated heterocycles. The summed E-state index contributed by atoms with van der Waals surface area (Å²) >= 11 is 0. The minimum absolute atomic E-state index is 1.05. The quantitative estimate of drug-likeness (QED) is 0.497. The van der Waals surface area contributed by atoms with Crippen molar-refractivity contribution in [2.75, 3.05) is 7.05 Å². The van der Waals surface area contributed by atoms with Crippen LogP contribution in [0.1, 0.15) is 13.3 Å². The predicted molar refractivity (Wildman–Crippen MR) is 72.1 cm³/mol. The summed E-state index contributed by atoms with van der Waals surface area (Å²) in [7, 11) is -8.59. The topological polar surface area (TPSA) is 137 Å². The number of alkyl halides is 6. The van der Waals surface area contributed by atoms with E-state index in [-0.39, 0.29) is 0 Å². The molecule has 0 aromatic carbocycles. The van der Waals surface area contributed by atoms with Crippen molar-refractivity contribution in [2.45, 2.75) is 24.4 Å². The molecular formula is C8H15F6N4O4S2+. The van der Waals surface area contributed by atoms with Crippen LogP contribution >= 0.6 is 0 Å². The number of aliphatic imine (C=N–C) groups is 1. The highest BCUT2D eigenvalue weighted by Crippen LogP contribution is 2.19. The highest BCUT2D eigenvalue weighted by molar-refractivity contribution is 7.90. The SMILES string of the molecule is CCC1=NC=C[NH+]1C.NS(=O)(=O)C(F)(F)F.NS(=O)(=O)C(F)(F)F. The summed E-state index contributed by atoms with van der Waals surface area (Å²) in [6, 6.07) is 0. The van der Waals surface area contributed by atoms with Crippen molar-refractivity contribution in [3.8, 4) is 0 Å². The van der Waals surface area contributed by atoms with Crippen LogP contribution in [0.2, 0.25) is 0 Å². The second-order valence-electron chi connectivity index (χ2n) is 3.91. The molecule has 0 saturated carbocycles. The fourth-order valence-corrected chi connectivity index (χ4v) is 0.807. The van der Waals surface area contributed by atoms with Crippen molar-refractivity contribution >= 4 is 25.9 Å². The van der Waals surface area contributed by atoms with E-state index >= 15 is 0 Å². The Kier molecular flexibility index (Phi) is 9.12. The van der Waals surface area contributed by atoms with Gasteiger partial charge in [-0.05, 0) is 0 Å². The molecule has 1 unspecified atom stereocenters. The van der Waals surface area contributed by atoms with Crippen molar-refractivity contribution in [2.24, 2.45) is 15.3 Å². The van der Waals surface area contributed by atoms with Crippen molar-refractivity contribution in [1.82, 2.24) is 0 Å². The molecule has 144 valence electrons. The first-order valence-corrected chi connectivity index (χ1v) is 8.69. The predicted octanol–water partition coefficient (Wildman–Crippen LogP) is -0.616. The Balaban J connectivity index is 0. The highest BCUT2D eigenvalue weighted by Gasteiger charge is 2.43. The van der Waals surface area contributed by atoms with Crippen LogP contribution in [0.25, 0.3) is 0 Å². The van der Waals surface area contributed by atoms with Crippen molar-refractivity contribution < 1.29 is 48.1 Å². The number of amidine groups is 1. The smallest absolute Gasteiger partial charge is 0.265 e. The minimum atomic E-state index is -5.34. The van der Waals surface area contributed by atoms with Crippen LogP contribution < -0.4 is 15.2 Å². The molecule has 0 amide bonds. The van der Waals surface area contributed by atoms with Gasteiger partial charge in [-0.25, -0.2) is 32.1 Å². The Morgan fingerprint density at radius 1 is 1.00 bits per heavy atom. The van der Waals surface area contributed by atoms with Gasteiger partial charge in [-0.1, -0.05) is 6.92 Å². The van der Waals surface area contributed by atoms with E-state index in [2.05, 4.69) is 29.2 Å². The lowest BCUT2D eigenvalue weighted by Crippen LogP contribution is -3.06. The zero-order valence-electron chi connectivity index (χ0n) is 12.2. The lowest BCUT2D eigenvalue weighted by molar-refractivity contribution is -0.719. The number of nitrogens with zero attached hydrogens (tertiary/aromatic N) is 1. The second kappa shape index (κ2) is 8.75. The average Bonchev–Trinajstić information content (AvgIpc) is 2.71. The standard InChI is InChI=1S/C6H10N2.2CH2F3NO2S/c1-3-6-7-4-5-8(6)2;2*2-1(3,4)8(5,6)7/h4-5H,3H2,1-2H3;2*(H2,5,6,7)/p+1. The van der Waals surface area contributed by atoms with E-state index in [9.17, 15) is 43.2 Å². The summed E-state index contributed by atoms with van der Waals surface area (Å²) in [4.78, 5) is 5.45. The largest absolute Gasteiger partial charge is 0.511 e. The Morgan fingerprint density at radius 2 is 1.29 bits per heavy atom. The zero-order chi connectivity index (χ0) is 20.0. The summed E-state index contributed by atoms with van der Waals surface area (Å²) in [5.74, 6) is 1.23. The van der Waals surface area contributed by atoms with Gasteiger partial charge in [0.15, 0.2) is 0 Å². The zero-order valence-corrected chi connectivity index (χ0v) is 13.8. The molecule has 1 atom stereocenters. The molecule has 0 bridgehead atoms. The molecule has 0 aromatic heterocycles. The Hall–Kier alpha value is -1.23. The number of sulfonamides is 2. The molecule has 1 rings (SSSR count). The van der Waals surface area contributed by atoms with Gasteiger partial charge in [-0.15, -0.1) is 0 Å². The van der Waals surface area contributed by atoms with E-state index in [0.29, 0.717) is 0 Å². The summed E-state index contributed by atoms with van der Waals surface area (Å²) in [5.41, 5.74) is -10.6. The van der Waals surface area contributed by atoms with E-state index in [1.165, 1.54) is 10.7 Å². The van der Waals surface area contributed by atoms with E-state index in [4.69, 9.17) is 0 Å². The normalized spacial score (nSPS) is 18.1.